The second-order valence-corrected chi connectivity index (χ2v) is 9.78. The molecule has 0 unspecified atom stereocenters. The Labute approximate surface area is 206 Å². The molecular weight excluding hydrogens is 438 g/mol. The van der Waals surface area contributed by atoms with Crippen LogP contribution in [0.5, 0.6) is 0 Å². The maximum Gasteiger partial charge on any atom is 0.128 e. The summed E-state index contributed by atoms with van der Waals surface area (Å²) in [6, 6.07) is 14.6. The van der Waals surface area contributed by atoms with Crippen LogP contribution in [0, 0.1) is 11.3 Å². The van der Waals surface area contributed by atoms with E-state index in [-0.39, 0.29) is 12.2 Å². The number of pyridine rings is 2. The molecule has 0 spiro atoms. The monoisotopic (exact) mass is 469 g/mol. The Hall–Kier alpha value is -3.25. The lowest BCUT2D eigenvalue weighted by atomic mass is 10.1. The molecule has 180 valence electrons. The van der Waals surface area contributed by atoms with Crippen LogP contribution < -0.4 is 15.1 Å². The van der Waals surface area contributed by atoms with Gasteiger partial charge in [-0.3, -0.25) is 9.88 Å². The molecule has 8 nitrogen and oxygen atoms in total. The molecule has 0 aliphatic carbocycles. The highest BCUT2D eigenvalue weighted by atomic mass is 16.5. The van der Waals surface area contributed by atoms with Gasteiger partial charge in [0.05, 0.1) is 29.0 Å². The number of rotatable bonds is 4. The molecule has 2 atom stereocenters. The van der Waals surface area contributed by atoms with Gasteiger partial charge in [-0.15, -0.1) is 0 Å². The van der Waals surface area contributed by atoms with Crippen LogP contribution in [-0.4, -0.2) is 72.9 Å². The van der Waals surface area contributed by atoms with Crippen molar-refractivity contribution in [3.8, 4) is 6.07 Å². The van der Waals surface area contributed by atoms with E-state index in [9.17, 15) is 5.26 Å². The van der Waals surface area contributed by atoms with E-state index in [0.717, 1.165) is 81.3 Å². The Morgan fingerprint density at radius 3 is 2.80 bits per heavy atom. The second-order valence-electron chi connectivity index (χ2n) is 9.78. The minimum atomic E-state index is 0.136. The molecule has 8 heteroatoms. The standard InChI is InChI=1S/C27H31N7O/c1-19-16-34(25-6-4-20(13-28)27-23(25)3-2-8-30-27)18-22(35-19)17-32-9-11-33(12-10-32)26-7-5-21-14-29-15-24(21)31-26/h2-8,19,22,29H,9-12,14-18H2,1H3/t19-,22+/m1/s1. The number of morpholine rings is 1. The highest BCUT2D eigenvalue weighted by Gasteiger charge is 2.29. The van der Waals surface area contributed by atoms with Gasteiger partial charge < -0.3 is 19.9 Å². The molecule has 3 aliphatic rings. The van der Waals surface area contributed by atoms with Crippen molar-refractivity contribution in [2.75, 3.05) is 55.6 Å². The van der Waals surface area contributed by atoms with Crippen LogP contribution in [0.2, 0.25) is 0 Å². The number of nitrogens with zero attached hydrogens (tertiary/aromatic N) is 6. The van der Waals surface area contributed by atoms with Crippen molar-refractivity contribution >= 4 is 22.4 Å². The van der Waals surface area contributed by atoms with E-state index in [1.54, 1.807) is 6.20 Å². The van der Waals surface area contributed by atoms with Gasteiger partial charge in [0.2, 0.25) is 0 Å². The molecule has 3 aromatic rings. The third-order valence-corrected chi connectivity index (χ3v) is 7.35. The first kappa shape index (κ1) is 22.2. The van der Waals surface area contributed by atoms with Crippen molar-refractivity contribution < 1.29 is 4.74 Å². The van der Waals surface area contributed by atoms with Gasteiger partial charge in [-0.2, -0.15) is 5.26 Å². The van der Waals surface area contributed by atoms with Gasteiger partial charge in [-0.25, -0.2) is 4.98 Å². The Kier molecular flexibility index (Phi) is 5.98. The van der Waals surface area contributed by atoms with E-state index in [1.807, 2.05) is 12.1 Å². The second kappa shape index (κ2) is 9.42. The zero-order valence-electron chi connectivity index (χ0n) is 20.2. The largest absolute Gasteiger partial charge is 0.370 e. The van der Waals surface area contributed by atoms with Crippen molar-refractivity contribution in [1.29, 1.82) is 5.26 Å². The smallest absolute Gasteiger partial charge is 0.128 e. The first-order valence-corrected chi connectivity index (χ1v) is 12.5. The molecule has 5 heterocycles. The number of aromatic nitrogens is 2. The molecular formula is C27H31N7O. The first-order valence-electron chi connectivity index (χ1n) is 12.5. The van der Waals surface area contributed by atoms with E-state index < -0.39 is 0 Å². The fourth-order valence-corrected chi connectivity index (χ4v) is 5.64. The van der Waals surface area contributed by atoms with Crippen molar-refractivity contribution in [1.82, 2.24) is 20.2 Å². The third-order valence-electron chi connectivity index (χ3n) is 7.35. The number of nitrogens with one attached hydrogen (secondary N) is 1. The lowest BCUT2D eigenvalue weighted by Crippen LogP contribution is -2.54. The van der Waals surface area contributed by atoms with Crippen molar-refractivity contribution in [2.24, 2.45) is 0 Å². The maximum atomic E-state index is 9.50. The van der Waals surface area contributed by atoms with E-state index in [4.69, 9.17) is 9.72 Å². The van der Waals surface area contributed by atoms with Crippen molar-refractivity contribution in [3.63, 3.8) is 0 Å². The van der Waals surface area contributed by atoms with Gasteiger partial charge in [0.25, 0.3) is 0 Å². The van der Waals surface area contributed by atoms with Crippen molar-refractivity contribution in [3.05, 3.63) is 59.4 Å². The average Bonchev–Trinajstić information content (AvgIpc) is 3.36. The maximum absolute atomic E-state index is 9.50. The molecule has 0 bridgehead atoms. The summed E-state index contributed by atoms with van der Waals surface area (Å²) >= 11 is 0. The predicted molar refractivity (Wildman–Crippen MR) is 136 cm³/mol. The summed E-state index contributed by atoms with van der Waals surface area (Å²) < 4.78 is 6.38. The molecule has 35 heavy (non-hydrogen) atoms. The van der Waals surface area contributed by atoms with Crippen LogP contribution in [0.4, 0.5) is 11.5 Å². The molecule has 6 rings (SSSR count). The highest BCUT2D eigenvalue weighted by Crippen LogP contribution is 2.30. The number of nitriles is 1. The molecule has 2 fully saturated rings. The Morgan fingerprint density at radius 1 is 1.06 bits per heavy atom. The number of hydrogen-bond acceptors (Lipinski definition) is 8. The number of ether oxygens (including phenoxy) is 1. The van der Waals surface area contributed by atoms with Crippen LogP contribution in [-0.2, 0) is 17.8 Å². The molecule has 1 N–H and O–H groups in total. The van der Waals surface area contributed by atoms with E-state index in [1.165, 1.54) is 11.3 Å². The molecule has 2 aromatic heterocycles. The van der Waals surface area contributed by atoms with Gasteiger partial charge >= 0.3 is 0 Å². The number of piperazine rings is 1. The fraction of sp³-hybridized carbons (Fsp3) is 0.444. The summed E-state index contributed by atoms with van der Waals surface area (Å²) in [6.45, 7) is 10.5. The van der Waals surface area contributed by atoms with Crippen LogP contribution in [0.1, 0.15) is 23.7 Å². The summed E-state index contributed by atoms with van der Waals surface area (Å²) in [5.74, 6) is 1.10. The number of fused-ring (bicyclic) bond motifs is 2. The molecule has 2 saturated heterocycles. The minimum absolute atomic E-state index is 0.136. The van der Waals surface area contributed by atoms with E-state index in [0.29, 0.717) is 5.56 Å². The normalized spacial score (nSPS) is 22.9. The first-order chi connectivity index (χ1) is 17.2. The van der Waals surface area contributed by atoms with Gasteiger partial charge in [0.15, 0.2) is 0 Å². The fourth-order valence-electron chi connectivity index (χ4n) is 5.64. The lowest BCUT2D eigenvalue weighted by Gasteiger charge is -2.42. The predicted octanol–water partition coefficient (Wildman–Crippen LogP) is 2.52. The quantitative estimate of drug-likeness (QED) is 0.625. The average molecular weight is 470 g/mol. The zero-order valence-corrected chi connectivity index (χ0v) is 20.2. The van der Waals surface area contributed by atoms with E-state index in [2.05, 4.69) is 62.3 Å². The number of benzene rings is 1. The molecule has 1 aromatic carbocycles. The Balaban J connectivity index is 1.12. The van der Waals surface area contributed by atoms with Gasteiger partial charge in [-0.05, 0) is 42.8 Å². The lowest BCUT2D eigenvalue weighted by molar-refractivity contribution is -0.0327. The third kappa shape index (κ3) is 4.43. The van der Waals surface area contributed by atoms with Crippen LogP contribution in [0.15, 0.2) is 42.6 Å². The van der Waals surface area contributed by atoms with Crippen LogP contribution >= 0.6 is 0 Å². The summed E-state index contributed by atoms with van der Waals surface area (Å²) in [4.78, 5) is 16.7. The highest BCUT2D eigenvalue weighted by molar-refractivity contribution is 5.95. The number of anilines is 2. The number of hydrogen-bond donors (Lipinski definition) is 1. The van der Waals surface area contributed by atoms with Gasteiger partial charge in [0, 0.05) is 76.2 Å². The summed E-state index contributed by atoms with van der Waals surface area (Å²) in [6.07, 6.45) is 2.03. The van der Waals surface area contributed by atoms with Gasteiger partial charge in [-0.1, -0.05) is 6.07 Å². The van der Waals surface area contributed by atoms with Crippen LogP contribution in [0.25, 0.3) is 10.9 Å². The molecule has 0 amide bonds. The topological polar surface area (TPSA) is 80.6 Å². The summed E-state index contributed by atoms with van der Waals surface area (Å²) in [5.41, 5.74) is 5.05. The Bertz CT molecular complexity index is 1260. The van der Waals surface area contributed by atoms with Gasteiger partial charge in [0.1, 0.15) is 11.9 Å². The summed E-state index contributed by atoms with van der Waals surface area (Å²) in [5, 5.41) is 13.9. The molecule has 0 saturated carbocycles. The van der Waals surface area contributed by atoms with Crippen LogP contribution in [0.3, 0.4) is 0 Å². The summed E-state index contributed by atoms with van der Waals surface area (Å²) in [7, 11) is 0. The molecule has 0 radical (unpaired) electrons. The minimum Gasteiger partial charge on any atom is -0.370 e. The zero-order chi connectivity index (χ0) is 23.8. The Morgan fingerprint density at radius 2 is 1.94 bits per heavy atom. The van der Waals surface area contributed by atoms with E-state index >= 15 is 0 Å². The SMILES string of the molecule is C[C@@H]1CN(c2ccc(C#N)c3ncccc23)C[C@H](CN2CCN(c3ccc4c(n3)CNC4)CC2)O1. The molecule has 3 aliphatic heterocycles. The van der Waals surface area contributed by atoms with Crippen molar-refractivity contribution in [2.45, 2.75) is 32.2 Å².